The molecule has 0 fully saturated rings. The number of imidazole rings is 1. The number of nitrogens with zero attached hydrogens (tertiary/aromatic N) is 5. The van der Waals surface area contributed by atoms with Gasteiger partial charge in [-0.3, -0.25) is 14.5 Å². The Hall–Kier alpha value is -3.61. The second kappa shape index (κ2) is 4.45. The van der Waals surface area contributed by atoms with E-state index in [1.807, 2.05) is 40.9 Å². The Balaban J connectivity index is 1.93. The summed E-state index contributed by atoms with van der Waals surface area (Å²) in [6, 6.07) is 14.4. The molecule has 0 aliphatic heterocycles. The molecular formula is C17H9N5O2. The van der Waals surface area contributed by atoms with E-state index in [1.54, 1.807) is 6.07 Å². The van der Waals surface area contributed by atoms with Crippen LogP contribution in [-0.4, -0.2) is 24.3 Å². The highest BCUT2D eigenvalue weighted by Crippen LogP contribution is 2.25. The molecule has 7 heteroatoms. The molecule has 5 rings (SSSR count). The zero-order valence-corrected chi connectivity index (χ0v) is 12.2. The maximum Gasteiger partial charge on any atom is 0.271 e. The molecule has 5 aromatic rings. The van der Waals surface area contributed by atoms with Crippen LogP contribution in [0, 0.1) is 10.1 Å². The third kappa shape index (κ3) is 1.69. The van der Waals surface area contributed by atoms with E-state index in [9.17, 15) is 10.1 Å². The Kier molecular flexibility index (Phi) is 2.39. The molecule has 0 N–H and O–H groups in total. The molecule has 0 saturated heterocycles. The number of benzene rings is 2. The summed E-state index contributed by atoms with van der Waals surface area (Å²) in [5, 5.41) is 13.0. The van der Waals surface area contributed by atoms with Gasteiger partial charge in [-0.05, 0) is 17.5 Å². The second-order valence-electron chi connectivity index (χ2n) is 5.51. The van der Waals surface area contributed by atoms with Crippen LogP contribution < -0.4 is 0 Å². The van der Waals surface area contributed by atoms with Crippen LogP contribution >= 0.6 is 0 Å². The summed E-state index contributed by atoms with van der Waals surface area (Å²) in [5.41, 5.74) is 2.94. The van der Waals surface area contributed by atoms with Crippen LogP contribution in [0.15, 0.2) is 54.7 Å². The van der Waals surface area contributed by atoms with Crippen LogP contribution in [0.2, 0.25) is 0 Å². The van der Waals surface area contributed by atoms with E-state index in [0.29, 0.717) is 22.3 Å². The Morgan fingerprint density at radius 3 is 2.67 bits per heavy atom. The maximum absolute atomic E-state index is 11.0. The lowest BCUT2D eigenvalue weighted by atomic mass is 10.2. The Bertz CT molecular complexity index is 1290. The summed E-state index contributed by atoms with van der Waals surface area (Å²) in [6.07, 6.45) is 1.89. The molecule has 0 atom stereocenters. The molecular weight excluding hydrogens is 306 g/mol. The van der Waals surface area contributed by atoms with Crippen molar-refractivity contribution >= 4 is 44.4 Å². The highest BCUT2D eigenvalue weighted by atomic mass is 16.6. The second-order valence-corrected chi connectivity index (χ2v) is 5.51. The molecule has 0 aliphatic carbocycles. The molecule has 2 aromatic carbocycles. The van der Waals surface area contributed by atoms with Gasteiger partial charge in [0, 0.05) is 23.7 Å². The third-order valence-corrected chi connectivity index (χ3v) is 4.10. The first-order valence-corrected chi connectivity index (χ1v) is 7.32. The van der Waals surface area contributed by atoms with E-state index >= 15 is 0 Å². The standard InChI is InChI=1S/C17H9N5O2/c23-22(24)11-5-6-13-14(9-11)19-17-15(18-13)20-16-12-4-2-1-3-10(12)7-8-21(16)17/h1-9H. The number of nitro benzene ring substituents is 1. The molecule has 0 radical (unpaired) electrons. The molecule has 3 heterocycles. The minimum absolute atomic E-state index is 0.00424. The van der Waals surface area contributed by atoms with Gasteiger partial charge in [0.25, 0.3) is 5.69 Å². The lowest BCUT2D eigenvalue weighted by molar-refractivity contribution is -0.384. The monoisotopic (exact) mass is 315 g/mol. The van der Waals surface area contributed by atoms with Gasteiger partial charge in [-0.15, -0.1) is 0 Å². The van der Waals surface area contributed by atoms with E-state index in [2.05, 4.69) is 15.0 Å². The van der Waals surface area contributed by atoms with Gasteiger partial charge in [0.05, 0.1) is 16.0 Å². The SMILES string of the molecule is O=[N+]([O-])c1ccc2nc3nc4c5ccccc5ccn4c3nc2c1. The number of non-ortho nitro benzene ring substituents is 1. The highest BCUT2D eigenvalue weighted by Gasteiger charge is 2.13. The van der Waals surface area contributed by atoms with E-state index < -0.39 is 4.92 Å². The molecule has 0 bridgehead atoms. The number of rotatable bonds is 1. The predicted octanol–water partition coefficient (Wildman–Crippen LogP) is 3.49. The van der Waals surface area contributed by atoms with Crippen molar-refractivity contribution in [3.05, 3.63) is 64.8 Å². The normalized spacial score (nSPS) is 11.7. The molecule has 114 valence electrons. The van der Waals surface area contributed by atoms with Crippen LogP contribution in [0.4, 0.5) is 5.69 Å². The van der Waals surface area contributed by atoms with Gasteiger partial charge in [-0.25, -0.2) is 15.0 Å². The van der Waals surface area contributed by atoms with Gasteiger partial charge >= 0.3 is 0 Å². The molecule has 0 unspecified atom stereocenters. The topological polar surface area (TPSA) is 86.2 Å². The van der Waals surface area contributed by atoms with E-state index in [0.717, 1.165) is 16.4 Å². The summed E-state index contributed by atoms with van der Waals surface area (Å²) in [4.78, 5) is 24.2. The van der Waals surface area contributed by atoms with Crippen LogP contribution in [0.5, 0.6) is 0 Å². The van der Waals surface area contributed by atoms with Crippen molar-refractivity contribution in [2.75, 3.05) is 0 Å². The van der Waals surface area contributed by atoms with Gasteiger partial charge in [0.1, 0.15) is 5.65 Å². The molecule has 7 nitrogen and oxygen atoms in total. The summed E-state index contributed by atoms with van der Waals surface area (Å²) >= 11 is 0. The third-order valence-electron chi connectivity index (χ3n) is 4.10. The van der Waals surface area contributed by atoms with Crippen molar-refractivity contribution in [1.82, 2.24) is 19.4 Å². The quantitative estimate of drug-likeness (QED) is 0.349. The van der Waals surface area contributed by atoms with Gasteiger partial charge in [0.15, 0.2) is 11.3 Å². The lowest BCUT2D eigenvalue weighted by Crippen LogP contribution is -1.92. The summed E-state index contributed by atoms with van der Waals surface area (Å²) in [6.45, 7) is 0. The van der Waals surface area contributed by atoms with Crippen molar-refractivity contribution in [3.63, 3.8) is 0 Å². The van der Waals surface area contributed by atoms with Gasteiger partial charge in [0.2, 0.25) is 0 Å². The molecule has 0 saturated carbocycles. The molecule has 24 heavy (non-hydrogen) atoms. The number of pyridine rings is 1. The molecule has 0 spiro atoms. The van der Waals surface area contributed by atoms with Gasteiger partial charge < -0.3 is 0 Å². The van der Waals surface area contributed by atoms with Crippen molar-refractivity contribution in [1.29, 1.82) is 0 Å². The maximum atomic E-state index is 11.0. The fourth-order valence-corrected chi connectivity index (χ4v) is 2.96. The first-order chi connectivity index (χ1) is 11.7. The summed E-state index contributed by atoms with van der Waals surface area (Å²) in [5.74, 6) is 0. The first kappa shape index (κ1) is 12.9. The number of fused-ring (bicyclic) bond motifs is 6. The van der Waals surface area contributed by atoms with Crippen molar-refractivity contribution in [2.24, 2.45) is 0 Å². The number of aromatic nitrogens is 4. The Morgan fingerprint density at radius 1 is 0.917 bits per heavy atom. The summed E-state index contributed by atoms with van der Waals surface area (Å²) in [7, 11) is 0. The minimum atomic E-state index is -0.437. The highest BCUT2D eigenvalue weighted by molar-refractivity contribution is 5.97. The molecule has 0 amide bonds. The van der Waals surface area contributed by atoms with E-state index in [1.165, 1.54) is 12.1 Å². The van der Waals surface area contributed by atoms with Gasteiger partial charge in [-0.1, -0.05) is 24.3 Å². The lowest BCUT2D eigenvalue weighted by Gasteiger charge is -2.00. The fourth-order valence-electron chi connectivity index (χ4n) is 2.96. The summed E-state index contributed by atoms with van der Waals surface area (Å²) < 4.78 is 1.86. The predicted molar refractivity (Wildman–Crippen MR) is 90.0 cm³/mol. The van der Waals surface area contributed by atoms with E-state index in [-0.39, 0.29) is 5.69 Å². The number of nitro groups is 1. The minimum Gasteiger partial charge on any atom is -0.282 e. The average molecular weight is 315 g/mol. The first-order valence-electron chi connectivity index (χ1n) is 7.32. The van der Waals surface area contributed by atoms with E-state index in [4.69, 9.17) is 0 Å². The van der Waals surface area contributed by atoms with Crippen molar-refractivity contribution < 1.29 is 4.92 Å². The largest absolute Gasteiger partial charge is 0.282 e. The van der Waals surface area contributed by atoms with Crippen molar-refractivity contribution in [2.45, 2.75) is 0 Å². The zero-order chi connectivity index (χ0) is 16.3. The number of hydrogen-bond donors (Lipinski definition) is 0. The van der Waals surface area contributed by atoms with Crippen LogP contribution in [0.1, 0.15) is 0 Å². The van der Waals surface area contributed by atoms with Crippen molar-refractivity contribution in [3.8, 4) is 0 Å². The average Bonchev–Trinajstić information content (AvgIpc) is 2.97. The van der Waals surface area contributed by atoms with Crippen LogP contribution in [-0.2, 0) is 0 Å². The number of hydrogen-bond acceptors (Lipinski definition) is 5. The van der Waals surface area contributed by atoms with Crippen LogP contribution in [0.3, 0.4) is 0 Å². The van der Waals surface area contributed by atoms with Gasteiger partial charge in [-0.2, -0.15) is 0 Å². The smallest absolute Gasteiger partial charge is 0.271 e. The Morgan fingerprint density at radius 2 is 1.79 bits per heavy atom. The zero-order valence-electron chi connectivity index (χ0n) is 12.2. The molecule has 3 aromatic heterocycles. The molecule has 0 aliphatic rings. The van der Waals surface area contributed by atoms with Crippen LogP contribution in [0.25, 0.3) is 38.7 Å². The fraction of sp³-hybridized carbons (Fsp3) is 0. The Labute approximate surface area is 134 Å².